The van der Waals surface area contributed by atoms with Gasteiger partial charge in [0.05, 0.1) is 0 Å². The lowest BCUT2D eigenvalue weighted by atomic mass is 9.88. The van der Waals surface area contributed by atoms with Crippen LogP contribution in [0.15, 0.2) is 27.7 Å². The summed E-state index contributed by atoms with van der Waals surface area (Å²) >= 11 is 0. The molecule has 0 saturated heterocycles. The summed E-state index contributed by atoms with van der Waals surface area (Å²) < 4.78 is 32.3. The molecule has 0 aliphatic heterocycles. The summed E-state index contributed by atoms with van der Waals surface area (Å²) in [7, 11) is -3.59. The number of hydrogen-bond acceptors (Lipinski definition) is 5. The van der Waals surface area contributed by atoms with E-state index in [9.17, 15) is 8.42 Å². The highest BCUT2D eigenvalue weighted by atomic mass is 32.2. The largest absolute Gasteiger partial charge is 0.243 e. The topological polar surface area (TPSA) is 85.1 Å². The predicted molar refractivity (Wildman–Crippen MR) is 73.5 cm³/mol. The average molecular weight is 295 g/mol. The van der Waals surface area contributed by atoms with Crippen LogP contribution in [0.4, 0.5) is 0 Å². The molecule has 1 aliphatic carbocycles. The minimum absolute atomic E-state index is 0.00585. The van der Waals surface area contributed by atoms with Gasteiger partial charge in [0.2, 0.25) is 10.0 Å². The minimum atomic E-state index is -3.59. The Morgan fingerprint density at radius 2 is 1.95 bits per heavy atom. The van der Waals surface area contributed by atoms with Crippen LogP contribution in [0, 0.1) is 5.92 Å². The number of rotatable bonds is 3. The van der Waals surface area contributed by atoms with E-state index in [1.807, 2.05) is 0 Å². The van der Waals surface area contributed by atoms with Crippen LogP contribution < -0.4 is 4.72 Å². The molecule has 0 bridgehead atoms. The molecule has 0 spiro atoms. The zero-order valence-electron chi connectivity index (χ0n) is 11.2. The van der Waals surface area contributed by atoms with Gasteiger partial charge in [0.15, 0.2) is 5.52 Å². The van der Waals surface area contributed by atoms with E-state index in [1.165, 1.54) is 6.07 Å². The second kappa shape index (κ2) is 5.14. The van der Waals surface area contributed by atoms with E-state index in [0.717, 1.165) is 25.7 Å². The minimum Gasteiger partial charge on any atom is -0.243 e. The number of sulfonamides is 1. The highest BCUT2D eigenvalue weighted by Gasteiger charge is 2.26. The number of fused-ring (bicyclic) bond motifs is 1. The fourth-order valence-electron chi connectivity index (χ4n) is 2.66. The number of aromatic nitrogens is 2. The normalized spacial score (nSPS) is 24.1. The second-order valence-electron chi connectivity index (χ2n) is 5.47. The van der Waals surface area contributed by atoms with Crippen molar-refractivity contribution in [2.45, 2.75) is 43.5 Å². The molecule has 0 radical (unpaired) electrons. The average Bonchev–Trinajstić information content (AvgIpc) is 2.89. The third-order valence-electron chi connectivity index (χ3n) is 3.88. The van der Waals surface area contributed by atoms with Gasteiger partial charge in [0.1, 0.15) is 10.4 Å². The standard InChI is InChI=1S/C13H17N3O3S/c1-9-5-7-10(8-6-9)16-20(17,18)12-4-2-3-11-13(12)15-19-14-11/h2-4,9-10,16H,5-8H2,1H3. The first-order valence-electron chi connectivity index (χ1n) is 6.80. The lowest BCUT2D eigenvalue weighted by molar-refractivity contribution is 0.315. The molecule has 1 heterocycles. The summed E-state index contributed by atoms with van der Waals surface area (Å²) in [5.41, 5.74) is 0.731. The summed E-state index contributed by atoms with van der Waals surface area (Å²) in [4.78, 5) is 0.134. The SMILES string of the molecule is CC1CCC(NS(=O)(=O)c2cccc3nonc23)CC1. The highest BCUT2D eigenvalue weighted by Crippen LogP contribution is 2.26. The molecule has 1 N–H and O–H groups in total. The summed E-state index contributed by atoms with van der Waals surface area (Å²) in [6, 6.07) is 4.85. The molecular formula is C13H17N3O3S. The molecule has 0 unspecified atom stereocenters. The Morgan fingerprint density at radius 1 is 1.20 bits per heavy atom. The molecule has 3 rings (SSSR count). The molecule has 20 heavy (non-hydrogen) atoms. The van der Waals surface area contributed by atoms with Crippen LogP contribution in [0.5, 0.6) is 0 Å². The summed E-state index contributed by atoms with van der Waals surface area (Å²) in [5, 5.41) is 7.36. The highest BCUT2D eigenvalue weighted by molar-refractivity contribution is 7.89. The van der Waals surface area contributed by atoms with Crippen molar-refractivity contribution in [3.8, 4) is 0 Å². The van der Waals surface area contributed by atoms with Gasteiger partial charge in [0.25, 0.3) is 0 Å². The zero-order valence-corrected chi connectivity index (χ0v) is 12.1. The van der Waals surface area contributed by atoms with Gasteiger partial charge >= 0.3 is 0 Å². The maximum absolute atomic E-state index is 12.5. The van der Waals surface area contributed by atoms with Gasteiger partial charge in [-0.2, -0.15) is 0 Å². The number of hydrogen-bond donors (Lipinski definition) is 1. The van der Waals surface area contributed by atoms with Crippen molar-refractivity contribution < 1.29 is 13.0 Å². The van der Waals surface area contributed by atoms with E-state index in [4.69, 9.17) is 0 Å². The molecule has 2 aromatic rings. The first-order valence-corrected chi connectivity index (χ1v) is 8.28. The quantitative estimate of drug-likeness (QED) is 0.937. The van der Waals surface area contributed by atoms with Crippen LogP contribution in [0.1, 0.15) is 32.6 Å². The predicted octanol–water partition coefficient (Wildman–Crippen LogP) is 2.08. The van der Waals surface area contributed by atoms with E-state index >= 15 is 0 Å². The van der Waals surface area contributed by atoms with E-state index in [-0.39, 0.29) is 16.5 Å². The van der Waals surface area contributed by atoms with Crippen LogP contribution in [-0.2, 0) is 10.0 Å². The maximum atomic E-state index is 12.5. The summed E-state index contributed by atoms with van der Waals surface area (Å²) in [5.74, 6) is 0.680. The van der Waals surface area contributed by atoms with Crippen molar-refractivity contribution in [2.75, 3.05) is 0 Å². The van der Waals surface area contributed by atoms with Crippen molar-refractivity contribution in [3.63, 3.8) is 0 Å². The van der Waals surface area contributed by atoms with Gasteiger partial charge in [-0.05, 0) is 54.0 Å². The Bertz CT molecular complexity index is 702. The van der Waals surface area contributed by atoms with Crippen LogP contribution in [0.2, 0.25) is 0 Å². The Kier molecular flexibility index (Phi) is 3.47. The van der Waals surface area contributed by atoms with Gasteiger partial charge in [-0.15, -0.1) is 0 Å². The van der Waals surface area contributed by atoms with E-state index in [2.05, 4.69) is 26.6 Å². The van der Waals surface area contributed by atoms with Crippen molar-refractivity contribution >= 4 is 21.1 Å². The molecule has 1 aliphatic rings. The summed E-state index contributed by atoms with van der Waals surface area (Å²) in [6.07, 6.45) is 3.88. The monoisotopic (exact) mass is 295 g/mol. The summed E-state index contributed by atoms with van der Waals surface area (Å²) in [6.45, 7) is 2.20. The molecular weight excluding hydrogens is 278 g/mol. The lowest BCUT2D eigenvalue weighted by Gasteiger charge is -2.26. The van der Waals surface area contributed by atoms with Crippen LogP contribution in [-0.4, -0.2) is 24.8 Å². The van der Waals surface area contributed by atoms with E-state index < -0.39 is 10.0 Å². The Balaban J connectivity index is 1.86. The van der Waals surface area contributed by atoms with Gasteiger partial charge in [-0.1, -0.05) is 13.0 Å². The van der Waals surface area contributed by atoms with Crippen molar-refractivity contribution in [1.82, 2.24) is 15.0 Å². The fourth-order valence-corrected chi connectivity index (χ4v) is 4.11. The molecule has 7 heteroatoms. The third kappa shape index (κ3) is 2.55. The maximum Gasteiger partial charge on any atom is 0.243 e. The number of nitrogens with zero attached hydrogens (tertiary/aromatic N) is 2. The Morgan fingerprint density at radius 3 is 2.70 bits per heavy atom. The van der Waals surface area contributed by atoms with Crippen LogP contribution in [0.3, 0.4) is 0 Å². The first kappa shape index (κ1) is 13.5. The number of benzene rings is 1. The molecule has 0 atom stereocenters. The lowest BCUT2D eigenvalue weighted by Crippen LogP contribution is -2.37. The molecule has 108 valence electrons. The van der Waals surface area contributed by atoms with Gasteiger partial charge < -0.3 is 0 Å². The molecule has 6 nitrogen and oxygen atoms in total. The zero-order chi connectivity index (χ0) is 14.2. The van der Waals surface area contributed by atoms with E-state index in [1.54, 1.807) is 12.1 Å². The van der Waals surface area contributed by atoms with Gasteiger partial charge in [-0.25, -0.2) is 17.8 Å². The second-order valence-corrected chi connectivity index (χ2v) is 7.15. The fraction of sp³-hybridized carbons (Fsp3) is 0.538. The molecule has 1 saturated carbocycles. The van der Waals surface area contributed by atoms with Crippen molar-refractivity contribution in [2.24, 2.45) is 5.92 Å². The van der Waals surface area contributed by atoms with Crippen molar-refractivity contribution in [1.29, 1.82) is 0 Å². The molecule has 1 aromatic heterocycles. The third-order valence-corrected chi connectivity index (χ3v) is 5.43. The van der Waals surface area contributed by atoms with Gasteiger partial charge in [-0.3, -0.25) is 0 Å². The number of nitrogens with one attached hydrogen (secondary N) is 1. The molecule has 0 amide bonds. The van der Waals surface area contributed by atoms with Crippen LogP contribution in [0.25, 0.3) is 11.0 Å². The van der Waals surface area contributed by atoms with Crippen LogP contribution >= 0.6 is 0 Å². The molecule has 1 aromatic carbocycles. The Labute approximate surface area is 117 Å². The van der Waals surface area contributed by atoms with E-state index in [0.29, 0.717) is 11.4 Å². The first-order chi connectivity index (χ1) is 9.56. The van der Waals surface area contributed by atoms with Crippen molar-refractivity contribution in [3.05, 3.63) is 18.2 Å². The smallest absolute Gasteiger partial charge is 0.243 e. The molecule has 1 fully saturated rings. The Hall–Kier alpha value is -1.47. The van der Waals surface area contributed by atoms with Gasteiger partial charge in [0, 0.05) is 6.04 Å².